The molecule has 1 aromatic heterocycles. The molecule has 2 atom stereocenters. The molecule has 1 aliphatic rings. The van der Waals surface area contributed by atoms with E-state index in [4.69, 9.17) is 4.74 Å². The summed E-state index contributed by atoms with van der Waals surface area (Å²) in [4.78, 5) is 16.5. The molecule has 2 heterocycles. The second-order valence-electron chi connectivity index (χ2n) is 6.41. The largest absolute Gasteiger partial charge is 0.379 e. The van der Waals surface area contributed by atoms with Gasteiger partial charge in [-0.3, -0.25) is 9.78 Å². The van der Waals surface area contributed by atoms with Gasteiger partial charge in [0.15, 0.2) is 9.84 Å². The van der Waals surface area contributed by atoms with Crippen molar-refractivity contribution >= 4 is 15.7 Å². The second kappa shape index (κ2) is 8.42. The number of benzene rings is 1. The Morgan fingerprint density at radius 1 is 1.12 bits per heavy atom. The first-order valence-electron chi connectivity index (χ1n) is 8.58. The summed E-state index contributed by atoms with van der Waals surface area (Å²) in [6, 6.07) is 12.0. The van der Waals surface area contributed by atoms with Crippen molar-refractivity contribution in [3.05, 3.63) is 60.4 Å². The molecule has 0 radical (unpaired) electrons. The van der Waals surface area contributed by atoms with Crippen molar-refractivity contribution in [3.8, 4) is 0 Å². The van der Waals surface area contributed by atoms with Crippen LogP contribution in [-0.2, 0) is 25.8 Å². The Kier molecular flexibility index (Phi) is 6.00. The molecule has 26 heavy (non-hydrogen) atoms. The van der Waals surface area contributed by atoms with Crippen molar-refractivity contribution in [1.29, 1.82) is 0 Å². The summed E-state index contributed by atoms with van der Waals surface area (Å²) >= 11 is 0. The van der Waals surface area contributed by atoms with Gasteiger partial charge in [-0.25, -0.2) is 8.42 Å². The zero-order valence-electron chi connectivity index (χ0n) is 14.4. The Morgan fingerprint density at radius 2 is 1.85 bits per heavy atom. The third-order valence-electron chi connectivity index (χ3n) is 4.49. The first-order valence-corrected chi connectivity index (χ1v) is 10.2. The predicted molar refractivity (Wildman–Crippen MR) is 97.3 cm³/mol. The summed E-state index contributed by atoms with van der Waals surface area (Å²) in [6.07, 6.45) is 4.21. The lowest BCUT2D eigenvalue weighted by molar-refractivity contribution is -0.121. The first-order chi connectivity index (χ1) is 12.5. The number of carbonyl (C=O) groups is 1. The van der Waals surface area contributed by atoms with Crippen molar-refractivity contribution < 1.29 is 17.9 Å². The molecule has 0 saturated carbocycles. The smallest absolute Gasteiger partial charge is 0.221 e. The monoisotopic (exact) mass is 374 g/mol. The summed E-state index contributed by atoms with van der Waals surface area (Å²) in [5.74, 6) is -0.294. The molecule has 138 valence electrons. The third-order valence-corrected chi connectivity index (χ3v) is 6.22. The Morgan fingerprint density at radius 3 is 2.58 bits per heavy atom. The van der Waals surface area contributed by atoms with Crippen LogP contribution < -0.4 is 5.32 Å². The van der Waals surface area contributed by atoms with Crippen LogP contribution in [0.3, 0.4) is 0 Å². The van der Waals surface area contributed by atoms with Crippen LogP contribution in [0.4, 0.5) is 0 Å². The van der Waals surface area contributed by atoms with Crippen LogP contribution in [-0.4, -0.2) is 44.3 Å². The summed E-state index contributed by atoms with van der Waals surface area (Å²) in [6.45, 7) is 1.03. The molecular weight excluding hydrogens is 352 g/mol. The average Bonchev–Trinajstić information content (AvgIpc) is 3.08. The van der Waals surface area contributed by atoms with Crippen molar-refractivity contribution in [3.63, 3.8) is 0 Å². The Hall–Kier alpha value is -2.25. The maximum atomic E-state index is 12.3. The van der Waals surface area contributed by atoms with E-state index >= 15 is 0 Å². The Labute approximate surface area is 153 Å². The van der Waals surface area contributed by atoms with Gasteiger partial charge in [0.1, 0.15) is 0 Å². The minimum atomic E-state index is -3.45. The highest BCUT2D eigenvalue weighted by Crippen LogP contribution is 2.19. The normalized spacial score (nSPS) is 20.0. The molecular formula is C19H22N2O4S. The van der Waals surface area contributed by atoms with E-state index in [1.54, 1.807) is 42.7 Å². The highest BCUT2D eigenvalue weighted by atomic mass is 32.2. The van der Waals surface area contributed by atoms with E-state index in [1.165, 1.54) is 0 Å². The number of sulfone groups is 1. The summed E-state index contributed by atoms with van der Waals surface area (Å²) < 4.78 is 30.0. The second-order valence-corrected chi connectivity index (χ2v) is 8.52. The van der Waals surface area contributed by atoms with Crippen LogP contribution in [0.1, 0.15) is 12.0 Å². The molecule has 3 rings (SSSR count). The fourth-order valence-corrected chi connectivity index (χ4v) is 4.29. The lowest BCUT2D eigenvalue weighted by Gasteiger charge is -2.19. The third kappa shape index (κ3) is 4.89. The van der Waals surface area contributed by atoms with Crippen LogP contribution in [0.5, 0.6) is 0 Å². The number of ether oxygens (including phenoxy) is 1. The maximum Gasteiger partial charge on any atom is 0.221 e. The molecule has 0 aliphatic carbocycles. The van der Waals surface area contributed by atoms with Gasteiger partial charge in [-0.15, -0.1) is 0 Å². The molecule has 1 saturated heterocycles. The first kappa shape index (κ1) is 18.5. The topological polar surface area (TPSA) is 85.4 Å². The summed E-state index contributed by atoms with van der Waals surface area (Å²) in [7, 11) is -3.45. The molecule has 2 aromatic rings. The number of amides is 1. The molecule has 1 aromatic carbocycles. The zero-order chi connectivity index (χ0) is 18.4. The van der Waals surface area contributed by atoms with E-state index in [-0.39, 0.29) is 34.9 Å². The number of nitrogens with zero attached hydrogens (tertiary/aromatic N) is 1. The fraction of sp³-hybridized carbons (Fsp3) is 0.368. The zero-order valence-corrected chi connectivity index (χ0v) is 15.2. The maximum absolute atomic E-state index is 12.3. The Balaban J connectivity index is 1.52. The van der Waals surface area contributed by atoms with Gasteiger partial charge in [0.05, 0.1) is 29.9 Å². The number of pyridine rings is 1. The fourth-order valence-electron chi connectivity index (χ4n) is 3.03. The Bertz CT molecular complexity index is 825. The van der Waals surface area contributed by atoms with Gasteiger partial charge >= 0.3 is 0 Å². The molecule has 0 unspecified atom stereocenters. The van der Waals surface area contributed by atoms with E-state index in [0.29, 0.717) is 13.2 Å². The number of aromatic nitrogens is 1. The van der Waals surface area contributed by atoms with Crippen LogP contribution in [0.2, 0.25) is 0 Å². The summed E-state index contributed by atoms with van der Waals surface area (Å²) in [5.41, 5.74) is 1.14. The number of hydrogen-bond acceptors (Lipinski definition) is 5. The van der Waals surface area contributed by atoms with Crippen molar-refractivity contribution in [1.82, 2.24) is 10.3 Å². The van der Waals surface area contributed by atoms with E-state index in [0.717, 1.165) is 12.0 Å². The van der Waals surface area contributed by atoms with Gasteiger partial charge in [-0.1, -0.05) is 18.2 Å². The number of nitrogens with one attached hydrogen (secondary N) is 1. The highest BCUT2D eigenvalue weighted by molar-refractivity contribution is 7.91. The molecule has 6 nitrogen and oxygen atoms in total. The number of carbonyl (C=O) groups excluding carboxylic acids is 1. The number of rotatable bonds is 7. The minimum absolute atomic E-state index is 0.0598. The summed E-state index contributed by atoms with van der Waals surface area (Å²) in [5, 5.41) is 2.93. The van der Waals surface area contributed by atoms with E-state index in [1.807, 2.05) is 12.1 Å². The molecule has 1 N–H and O–H groups in total. The quantitative estimate of drug-likeness (QED) is 0.796. The lowest BCUT2D eigenvalue weighted by Crippen LogP contribution is -2.41. The van der Waals surface area contributed by atoms with Crippen LogP contribution in [0, 0.1) is 5.92 Å². The molecule has 0 bridgehead atoms. The van der Waals surface area contributed by atoms with E-state index < -0.39 is 9.84 Å². The van der Waals surface area contributed by atoms with E-state index in [2.05, 4.69) is 10.3 Å². The SMILES string of the molecule is O=C(CCS(=O)(=O)c1ccccc1)N[C@@H]1COC[C@H]1Cc1ccncc1. The van der Waals surface area contributed by atoms with Gasteiger partial charge in [0.2, 0.25) is 5.91 Å². The van der Waals surface area contributed by atoms with Gasteiger partial charge in [-0.05, 0) is 36.2 Å². The van der Waals surface area contributed by atoms with E-state index in [9.17, 15) is 13.2 Å². The van der Waals surface area contributed by atoms with Crippen molar-refractivity contribution in [2.75, 3.05) is 19.0 Å². The molecule has 1 fully saturated rings. The van der Waals surface area contributed by atoms with Gasteiger partial charge in [-0.2, -0.15) is 0 Å². The van der Waals surface area contributed by atoms with Crippen LogP contribution >= 0.6 is 0 Å². The standard InChI is InChI=1S/C19H22N2O4S/c22-19(8-11-26(23,24)17-4-2-1-3-5-17)21-18-14-25-13-16(18)12-15-6-9-20-10-7-15/h1-7,9-10,16,18H,8,11-14H2,(H,21,22)/t16-,18-/m1/s1. The molecule has 1 amide bonds. The molecule has 7 heteroatoms. The lowest BCUT2D eigenvalue weighted by atomic mass is 9.95. The van der Waals surface area contributed by atoms with Gasteiger partial charge < -0.3 is 10.1 Å². The van der Waals surface area contributed by atoms with Crippen molar-refractivity contribution in [2.24, 2.45) is 5.92 Å². The van der Waals surface area contributed by atoms with Gasteiger partial charge in [0, 0.05) is 24.7 Å². The van der Waals surface area contributed by atoms with Gasteiger partial charge in [0.25, 0.3) is 0 Å². The highest BCUT2D eigenvalue weighted by Gasteiger charge is 2.30. The molecule has 0 spiro atoms. The predicted octanol–water partition coefficient (Wildman–Crippen LogP) is 1.62. The van der Waals surface area contributed by atoms with Crippen LogP contribution in [0.15, 0.2) is 59.8 Å². The molecule has 1 aliphatic heterocycles. The number of hydrogen-bond donors (Lipinski definition) is 1. The van der Waals surface area contributed by atoms with Crippen molar-refractivity contribution in [2.45, 2.75) is 23.8 Å². The average molecular weight is 374 g/mol. The minimum Gasteiger partial charge on any atom is -0.379 e. The van der Waals surface area contributed by atoms with Crippen LogP contribution in [0.25, 0.3) is 0 Å².